The third kappa shape index (κ3) is 4.16. The van der Waals surface area contributed by atoms with Crippen molar-refractivity contribution in [2.45, 2.75) is 63.6 Å². The molecule has 0 unspecified atom stereocenters. The van der Waals surface area contributed by atoms with Gasteiger partial charge >= 0.3 is 0 Å². The predicted molar refractivity (Wildman–Crippen MR) is 163 cm³/mol. The molecule has 3 saturated carbocycles. The maximum absolute atomic E-state index is 13.8. The van der Waals surface area contributed by atoms with Gasteiger partial charge in [0, 0.05) is 28.0 Å². The van der Waals surface area contributed by atoms with Crippen LogP contribution in [-0.4, -0.2) is 46.2 Å². The van der Waals surface area contributed by atoms with Gasteiger partial charge in [-0.2, -0.15) is 0 Å². The number of aliphatic hydroxyl groups excluding tert-OH is 2. The van der Waals surface area contributed by atoms with Crippen LogP contribution in [0.15, 0.2) is 72.3 Å². The molecule has 224 valence electrons. The van der Waals surface area contributed by atoms with Crippen molar-refractivity contribution >= 4 is 29.4 Å². The second-order valence-corrected chi connectivity index (χ2v) is 13.5. The number of aliphatic hydroxyl groups is 2. The smallest absolute Gasteiger partial charge is 0.193 e. The van der Waals surface area contributed by atoms with E-state index in [0.717, 1.165) is 35.1 Å². The average Bonchev–Trinajstić information content (AvgIpc) is 3.50. The summed E-state index contributed by atoms with van der Waals surface area (Å²) in [4.78, 5) is 26.0. The summed E-state index contributed by atoms with van der Waals surface area (Å²) < 4.78 is 13.3. The van der Waals surface area contributed by atoms with E-state index < -0.39 is 41.5 Å². The van der Waals surface area contributed by atoms with Crippen molar-refractivity contribution in [2.24, 2.45) is 28.6 Å². The number of hydrogen-bond acceptors (Lipinski definition) is 7. The zero-order valence-electron chi connectivity index (χ0n) is 24.6. The number of allylic oxidation sites excluding steroid dienone is 4. The molecule has 0 amide bonds. The first-order valence-corrected chi connectivity index (χ1v) is 15.3. The molecule has 2 aromatic rings. The van der Waals surface area contributed by atoms with Crippen LogP contribution in [0.25, 0.3) is 12.2 Å². The molecule has 7 rings (SSSR count). The van der Waals surface area contributed by atoms with Crippen molar-refractivity contribution < 1.29 is 29.3 Å². The summed E-state index contributed by atoms with van der Waals surface area (Å²) >= 11 is 0. The SMILES string of the molecule is C[C@]12C=CC(=O)C=C1CC[C@@H]1[C@@H]2[C@@H](O)C[C@@]2(C)[C@H]1C[C@H]1O[C@@H](c3cccc(/C=C/c4ccc(N)cc4)c3)O[C@]12C(=O)CO. The van der Waals surface area contributed by atoms with Crippen LogP contribution in [0.2, 0.25) is 0 Å². The number of ketones is 2. The van der Waals surface area contributed by atoms with Gasteiger partial charge in [0.1, 0.15) is 6.61 Å². The van der Waals surface area contributed by atoms with Gasteiger partial charge in [0.2, 0.25) is 0 Å². The first-order valence-electron chi connectivity index (χ1n) is 15.3. The van der Waals surface area contributed by atoms with E-state index in [1.54, 1.807) is 12.2 Å². The molecule has 7 nitrogen and oxygen atoms in total. The van der Waals surface area contributed by atoms with Crippen LogP contribution in [0, 0.1) is 28.6 Å². The molecule has 4 fully saturated rings. The molecule has 0 radical (unpaired) electrons. The molecule has 4 aliphatic carbocycles. The summed E-state index contributed by atoms with van der Waals surface area (Å²) in [5.74, 6) is -0.283. The Morgan fingerprint density at radius 3 is 2.65 bits per heavy atom. The van der Waals surface area contributed by atoms with Crippen molar-refractivity contribution in [2.75, 3.05) is 12.3 Å². The number of rotatable bonds is 5. The average molecular weight is 582 g/mol. The first-order chi connectivity index (χ1) is 20.6. The fourth-order valence-corrected chi connectivity index (χ4v) is 9.44. The lowest BCUT2D eigenvalue weighted by Crippen LogP contribution is -2.63. The second kappa shape index (κ2) is 10.1. The van der Waals surface area contributed by atoms with E-state index in [2.05, 4.69) is 13.8 Å². The molecule has 0 bridgehead atoms. The lowest BCUT2D eigenvalue weighted by Gasteiger charge is -2.59. The molecule has 43 heavy (non-hydrogen) atoms. The standard InChI is InChI=1S/C36H39NO6/c1-34-15-14-26(39)17-24(34)10-13-27-28-18-31-36(30(41)20-38,35(28,2)19-29(40)32(27)34)43-33(42-31)23-5-3-4-22(16-23)7-6-21-8-11-25(37)12-9-21/h3-9,11-12,14-17,27-29,31-33,38,40H,10,13,18-20,37H2,1-2H3/b7-6+/t27-,28-,29-,31+,32+,33+,34-,35-,36+/m0/s1. The zero-order valence-corrected chi connectivity index (χ0v) is 24.6. The number of Topliss-reactive ketones (excluding diaryl/α,β-unsaturated/α-hetero) is 1. The highest BCUT2D eigenvalue weighted by Gasteiger charge is 2.75. The molecular formula is C36H39NO6. The molecule has 1 heterocycles. The Kier molecular flexibility index (Phi) is 6.67. The molecule has 4 N–H and O–H groups in total. The van der Waals surface area contributed by atoms with Gasteiger partial charge in [-0.05, 0) is 79.0 Å². The van der Waals surface area contributed by atoms with Crippen LogP contribution in [0.4, 0.5) is 5.69 Å². The minimum absolute atomic E-state index is 0.00149. The van der Waals surface area contributed by atoms with Crippen LogP contribution < -0.4 is 5.73 Å². The molecule has 9 atom stereocenters. The Morgan fingerprint density at radius 1 is 1.12 bits per heavy atom. The number of carbonyl (C=O) groups excluding carboxylic acids is 2. The van der Waals surface area contributed by atoms with E-state index >= 15 is 0 Å². The molecular weight excluding hydrogens is 542 g/mol. The van der Waals surface area contributed by atoms with E-state index in [9.17, 15) is 19.8 Å². The highest BCUT2D eigenvalue weighted by atomic mass is 16.7. The Balaban J connectivity index is 1.19. The highest BCUT2D eigenvalue weighted by Crippen LogP contribution is 2.70. The monoisotopic (exact) mass is 581 g/mol. The highest BCUT2D eigenvalue weighted by molar-refractivity contribution is 6.01. The molecule has 0 aromatic heterocycles. The predicted octanol–water partition coefficient (Wildman–Crippen LogP) is 5.04. The maximum Gasteiger partial charge on any atom is 0.193 e. The van der Waals surface area contributed by atoms with Gasteiger partial charge in [0.15, 0.2) is 23.5 Å². The van der Waals surface area contributed by atoms with Gasteiger partial charge in [-0.1, -0.05) is 68.0 Å². The lowest BCUT2D eigenvalue weighted by molar-refractivity contribution is -0.201. The van der Waals surface area contributed by atoms with Crippen LogP contribution in [0.3, 0.4) is 0 Å². The van der Waals surface area contributed by atoms with E-state index in [-0.39, 0.29) is 29.3 Å². The number of nitrogens with two attached hydrogens (primary N) is 1. The molecule has 5 aliphatic rings. The van der Waals surface area contributed by atoms with Crippen molar-refractivity contribution in [3.8, 4) is 0 Å². The normalized spacial score (nSPS) is 39.6. The van der Waals surface area contributed by atoms with Crippen molar-refractivity contribution in [3.63, 3.8) is 0 Å². The Labute approximate surface area is 252 Å². The Hall–Kier alpha value is -3.36. The number of hydrogen-bond donors (Lipinski definition) is 3. The van der Waals surface area contributed by atoms with Crippen LogP contribution in [0.1, 0.15) is 62.5 Å². The molecule has 1 aliphatic heterocycles. The third-order valence-electron chi connectivity index (χ3n) is 11.4. The molecule has 7 heteroatoms. The lowest BCUT2D eigenvalue weighted by atomic mass is 9.46. The van der Waals surface area contributed by atoms with Gasteiger partial charge in [0.05, 0.1) is 12.2 Å². The van der Waals surface area contributed by atoms with Crippen LogP contribution >= 0.6 is 0 Å². The Morgan fingerprint density at radius 2 is 1.88 bits per heavy atom. The van der Waals surface area contributed by atoms with Gasteiger partial charge in [-0.15, -0.1) is 0 Å². The largest absolute Gasteiger partial charge is 0.399 e. The fraction of sp³-hybridized carbons (Fsp3) is 0.444. The van der Waals surface area contributed by atoms with E-state index in [1.165, 1.54) is 0 Å². The second-order valence-electron chi connectivity index (χ2n) is 13.5. The zero-order chi connectivity index (χ0) is 30.1. The third-order valence-corrected chi connectivity index (χ3v) is 11.4. The molecule has 0 spiro atoms. The van der Waals surface area contributed by atoms with E-state index in [1.807, 2.05) is 66.8 Å². The summed E-state index contributed by atoms with van der Waals surface area (Å²) in [6, 6.07) is 15.5. The van der Waals surface area contributed by atoms with Crippen LogP contribution in [-0.2, 0) is 19.1 Å². The number of nitrogen functional groups attached to an aromatic ring is 1. The summed E-state index contributed by atoms with van der Waals surface area (Å²) in [6.07, 6.45) is 9.92. The number of anilines is 1. The molecule has 2 aromatic carbocycles. The number of fused-ring (bicyclic) bond motifs is 7. The van der Waals surface area contributed by atoms with Crippen molar-refractivity contribution in [1.29, 1.82) is 0 Å². The van der Waals surface area contributed by atoms with Crippen molar-refractivity contribution in [1.82, 2.24) is 0 Å². The van der Waals surface area contributed by atoms with Gasteiger partial charge in [0.25, 0.3) is 0 Å². The number of carbonyl (C=O) groups is 2. The summed E-state index contributed by atoms with van der Waals surface area (Å²) in [7, 11) is 0. The minimum atomic E-state index is -1.37. The van der Waals surface area contributed by atoms with Crippen LogP contribution in [0.5, 0.6) is 0 Å². The van der Waals surface area contributed by atoms with Crippen molar-refractivity contribution in [3.05, 3.63) is 89.0 Å². The van der Waals surface area contributed by atoms with Gasteiger partial charge < -0.3 is 25.4 Å². The van der Waals surface area contributed by atoms with Gasteiger partial charge in [-0.3, -0.25) is 9.59 Å². The minimum Gasteiger partial charge on any atom is -0.399 e. The summed E-state index contributed by atoms with van der Waals surface area (Å²) in [6.45, 7) is 3.53. The van der Waals surface area contributed by atoms with E-state index in [4.69, 9.17) is 15.2 Å². The Bertz CT molecular complexity index is 1560. The fourth-order valence-electron chi connectivity index (χ4n) is 9.44. The van der Waals surface area contributed by atoms with Gasteiger partial charge in [-0.25, -0.2) is 0 Å². The summed E-state index contributed by atoms with van der Waals surface area (Å²) in [5, 5.41) is 22.1. The van der Waals surface area contributed by atoms with E-state index in [0.29, 0.717) is 18.5 Å². The number of ether oxygens (including phenoxy) is 2. The summed E-state index contributed by atoms with van der Waals surface area (Å²) in [5.41, 5.74) is 7.88. The number of benzene rings is 2. The quantitative estimate of drug-likeness (QED) is 0.334. The topological polar surface area (TPSA) is 119 Å². The first kappa shape index (κ1) is 28.4. The maximum atomic E-state index is 13.8. The molecule has 1 saturated heterocycles.